The average Bonchev–Trinajstić information content (AvgIpc) is 2.33. The fourth-order valence-corrected chi connectivity index (χ4v) is 3.76. The van der Waals surface area contributed by atoms with Crippen molar-refractivity contribution in [3.63, 3.8) is 0 Å². The second-order valence-corrected chi connectivity index (χ2v) is 7.44. The summed E-state index contributed by atoms with van der Waals surface area (Å²) in [5.41, 5.74) is 10.5. The van der Waals surface area contributed by atoms with Gasteiger partial charge < -0.3 is 11.5 Å². The number of hydrogen-bond donors (Lipinski definition) is 2. The number of amides is 1. The number of carbonyl (C=O) groups excluding carboxylic acids is 1. The fourth-order valence-electron chi connectivity index (χ4n) is 1.91. The molecule has 1 amide bonds. The number of nitrogens with zero attached hydrogens (tertiary/aromatic N) is 1. The first kappa shape index (κ1) is 17.2. The van der Waals surface area contributed by atoms with Gasteiger partial charge in [-0.3, -0.25) is 4.79 Å². The Kier molecular flexibility index (Phi) is 4.80. The lowest BCUT2D eigenvalue weighted by atomic mass is 10.1. The number of primary amides is 1. The zero-order chi connectivity index (χ0) is 16.4. The summed E-state index contributed by atoms with van der Waals surface area (Å²) in [6.45, 7) is 9.08. The minimum Gasteiger partial charge on any atom is -0.398 e. The molecule has 0 unspecified atom stereocenters. The molecule has 0 aliphatic carbocycles. The summed E-state index contributed by atoms with van der Waals surface area (Å²) < 4.78 is 26.8. The van der Waals surface area contributed by atoms with Crippen LogP contribution in [-0.4, -0.2) is 30.7 Å². The first-order valence-corrected chi connectivity index (χ1v) is 7.79. The van der Waals surface area contributed by atoms with E-state index in [1.807, 2.05) is 0 Å². The molecular formula is C14H21N3O3S. The van der Waals surface area contributed by atoms with Gasteiger partial charge in [-0.25, -0.2) is 8.42 Å². The van der Waals surface area contributed by atoms with Crippen molar-refractivity contribution in [1.82, 2.24) is 4.31 Å². The molecule has 7 heteroatoms. The van der Waals surface area contributed by atoms with Crippen LogP contribution in [0.3, 0.4) is 0 Å². The molecular weight excluding hydrogens is 290 g/mol. The Morgan fingerprint density at radius 1 is 1.38 bits per heavy atom. The maximum absolute atomic E-state index is 12.8. The SMILES string of the molecule is C=CCN(C(C)(C)C)S(=O)(=O)c1ccc(C(N)=O)cc1N. The lowest BCUT2D eigenvalue weighted by Crippen LogP contribution is -2.45. The normalized spacial score (nSPS) is 12.4. The van der Waals surface area contributed by atoms with Crippen molar-refractivity contribution >= 4 is 21.6 Å². The molecule has 6 nitrogen and oxygen atoms in total. The van der Waals surface area contributed by atoms with E-state index in [1.165, 1.54) is 28.6 Å². The highest BCUT2D eigenvalue weighted by molar-refractivity contribution is 7.89. The van der Waals surface area contributed by atoms with Gasteiger partial charge in [-0.15, -0.1) is 6.58 Å². The number of nitrogens with two attached hydrogens (primary N) is 2. The maximum atomic E-state index is 12.8. The summed E-state index contributed by atoms with van der Waals surface area (Å²) in [5.74, 6) is -0.663. The summed E-state index contributed by atoms with van der Waals surface area (Å²) in [4.78, 5) is 11.1. The van der Waals surface area contributed by atoms with Crippen LogP contribution in [0.5, 0.6) is 0 Å². The summed E-state index contributed by atoms with van der Waals surface area (Å²) in [5, 5.41) is 0. The molecule has 116 valence electrons. The molecule has 21 heavy (non-hydrogen) atoms. The lowest BCUT2D eigenvalue weighted by molar-refractivity contribution is 0.1000. The molecule has 0 saturated carbocycles. The van der Waals surface area contributed by atoms with Crippen LogP contribution in [0, 0.1) is 0 Å². The number of anilines is 1. The molecule has 4 N–H and O–H groups in total. The van der Waals surface area contributed by atoms with Crippen LogP contribution in [-0.2, 0) is 10.0 Å². The molecule has 1 aromatic rings. The highest BCUT2D eigenvalue weighted by Gasteiger charge is 2.34. The van der Waals surface area contributed by atoms with Gasteiger partial charge in [-0.2, -0.15) is 4.31 Å². The van der Waals surface area contributed by atoms with Crippen molar-refractivity contribution in [2.45, 2.75) is 31.2 Å². The Hall–Kier alpha value is -1.86. The molecule has 0 spiro atoms. The minimum atomic E-state index is -3.81. The topological polar surface area (TPSA) is 106 Å². The fraction of sp³-hybridized carbons (Fsp3) is 0.357. The van der Waals surface area contributed by atoms with Gasteiger partial charge >= 0.3 is 0 Å². The van der Waals surface area contributed by atoms with Gasteiger partial charge in [0.1, 0.15) is 4.90 Å². The number of sulfonamides is 1. The summed E-state index contributed by atoms with van der Waals surface area (Å²) >= 11 is 0. The second-order valence-electron chi connectivity index (χ2n) is 5.61. The Labute approximate surface area is 125 Å². The van der Waals surface area contributed by atoms with Crippen LogP contribution in [0.1, 0.15) is 31.1 Å². The third kappa shape index (κ3) is 3.62. The third-order valence-corrected chi connectivity index (χ3v) is 5.11. The highest BCUT2D eigenvalue weighted by Crippen LogP contribution is 2.28. The average molecular weight is 311 g/mol. The van der Waals surface area contributed by atoms with Crippen molar-refractivity contribution in [2.24, 2.45) is 5.73 Å². The van der Waals surface area contributed by atoms with E-state index in [0.717, 1.165) is 0 Å². The van der Waals surface area contributed by atoms with Gasteiger partial charge in [-0.05, 0) is 39.0 Å². The molecule has 0 radical (unpaired) electrons. The number of rotatable bonds is 5. The lowest BCUT2D eigenvalue weighted by Gasteiger charge is -2.34. The summed E-state index contributed by atoms with van der Waals surface area (Å²) in [6, 6.07) is 3.91. The molecule has 0 aliphatic rings. The van der Waals surface area contributed by atoms with Gasteiger partial charge in [0, 0.05) is 17.6 Å². The molecule has 0 atom stereocenters. The third-order valence-electron chi connectivity index (χ3n) is 2.91. The van der Waals surface area contributed by atoms with Crippen molar-refractivity contribution < 1.29 is 13.2 Å². The summed E-state index contributed by atoms with van der Waals surface area (Å²) in [6.07, 6.45) is 1.51. The van der Waals surface area contributed by atoms with Gasteiger partial charge in [0.25, 0.3) is 0 Å². The first-order valence-electron chi connectivity index (χ1n) is 6.35. The van der Waals surface area contributed by atoms with Crippen molar-refractivity contribution in [2.75, 3.05) is 12.3 Å². The molecule has 0 fully saturated rings. The van der Waals surface area contributed by atoms with Gasteiger partial charge in [-0.1, -0.05) is 6.08 Å². The first-order chi connectivity index (χ1) is 9.51. The minimum absolute atomic E-state index is 0.00962. The Balaban J connectivity index is 3.42. The zero-order valence-corrected chi connectivity index (χ0v) is 13.3. The van der Waals surface area contributed by atoms with E-state index >= 15 is 0 Å². The largest absolute Gasteiger partial charge is 0.398 e. The van der Waals surface area contributed by atoms with E-state index in [1.54, 1.807) is 20.8 Å². The van der Waals surface area contributed by atoms with Gasteiger partial charge in [0.05, 0.1) is 5.69 Å². The van der Waals surface area contributed by atoms with Crippen LogP contribution < -0.4 is 11.5 Å². The molecule has 0 heterocycles. The van der Waals surface area contributed by atoms with Crippen molar-refractivity contribution in [3.8, 4) is 0 Å². The van der Waals surface area contributed by atoms with Crippen molar-refractivity contribution in [3.05, 3.63) is 36.4 Å². The van der Waals surface area contributed by atoms with E-state index in [9.17, 15) is 13.2 Å². The van der Waals surface area contributed by atoms with Gasteiger partial charge in [0.15, 0.2) is 0 Å². The zero-order valence-electron chi connectivity index (χ0n) is 12.5. The van der Waals surface area contributed by atoms with Crippen LogP contribution in [0.25, 0.3) is 0 Å². The number of benzene rings is 1. The molecule has 0 saturated heterocycles. The number of hydrogen-bond acceptors (Lipinski definition) is 4. The predicted molar refractivity (Wildman–Crippen MR) is 83.2 cm³/mol. The van der Waals surface area contributed by atoms with Crippen LogP contribution >= 0.6 is 0 Å². The van der Waals surface area contributed by atoms with E-state index in [-0.39, 0.29) is 22.7 Å². The van der Waals surface area contributed by atoms with E-state index < -0.39 is 21.5 Å². The maximum Gasteiger partial charge on any atom is 0.248 e. The smallest absolute Gasteiger partial charge is 0.248 e. The molecule has 0 bridgehead atoms. The Bertz CT molecular complexity index is 661. The molecule has 1 aromatic carbocycles. The summed E-state index contributed by atoms with van der Waals surface area (Å²) in [7, 11) is -3.81. The predicted octanol–water partition coefficient (Wildman–Crippen LogP) is 1.34. The second kappa shape index (κ2) is 5.87. The van der Waals surface area contributed by atoms with Crippen LogP contribution in [0.15, 0.2) is 35.7 Å². The number of carbonyl (C=O) groups is 1. The van der Waals surface area contributed by atoms with Crippen LogP contribution in [0.4, 0.5) is 5.69 Å². The van der Waals surface area contributed by atoms with Crippen molar-refractivity contribution in [1.29, 1.82) is 0 Å². The Morgan fingerprint density at radius 2 is 1.95 bits per heavy atom. The standard InChI is InChI=1S/C14H21N3O3S/c1-5-8-17(14(2,3)4)21(19,20)12-7-6-10(13(16)18)9-11(12)15/h5-7,9H,1,8,15H2,2-4H3,(H2,16,18). The molecule has 0 aromatic heterocycles. The monoisotopic (exact) mass is 311 g/mol. The van der Waals surface area contributed by atoms with E-state index in [2.05, 4.69) is 6.58 Å². The highest BCUT2D eigenvalue weighted by atomic mass is 32.2. The van der Waals surface area contributed by atoms with E-state index in [0.29, 0.717) is 0 Å². The Morgan fingerprint density at radius 3 is 2.33 bits per heavy atom. The number of nitrogen functional groups attached to an aromatic ring is 1. The van der Waals surface area contributed by atoms with E-state index in [4.69, 9.17) is 11.5 Å². The molecule has 1 rings (SSSR count). The van der Waals surface area contributed by atoms with Gasteiger partial charge in [0.2, 0.25) is 15.9 Å². The van der Waals surface area contributed by atoms with Crippen LogP contribution in [0.2, 0.25) is 0 Å². The molecule has 0 aliphatic heterocycles. The quantitative estimate of drug-likeness (QED) is 0.632.